The zero-order chi connectivity index (χ0) is 12.3. The number of carbonyl (C=O) groups is 1. The van der Waals surface area contributed by atoms with Crippen LogP contribution in [0.5, 0.6) is 0 Å². The van der Waals surface area contributed by atoms with E-state index >= 15 is 0 Å². The summed E-state index contributed by atoms with van der Waals surface area (Å²) in [7, 11) is 0. The molecule has 0 amide bonds. The number of ether oxygens (including phenoxy) is 1. The topological polar surface area (TPSA) is 52.3 Å². The summed E-state index contributed by atoms with van der Waals surface area (Å²) in [6.07, 6.45) is 1.07. The maximum absolute atomic E-state index is 11.2. The molecule has 0 aliphatic rings. The van der Waals surface area contributed by atoms with Crippen molar-refractivity contribution < 1.29 is 13.9 Å². The predicted octanol–water partition coefficient (Wildman–Crippen LogP) is 2.63. The van der Waals surface area contributed by atoms with Gasteiger partial charge in [0.1, 0.15) is 5.52 Å². The fourth-order valence-electron chi connectivity index (χ4n) is 1.72. The molecule has 4 nitrogen and oxygen atoms in total. The van der Waals surface area contributed by atoms with Gasteiger partial charge in [-0.1, -0.05) is 6.07 Å². The van der Waals surface area contributed by atoms with Gasteiger partial charge in [0.05, 0.1) is 6.61 Å². The molecular formula is C13H15NO3. The van der Waals surface area contributed by atoms with E-state index in [1.807, 2.05) is 32.0 Å². The van der Waals surface area contributed by atoms with Crippen molar-refractivity contribution in [1.82, 2.24) is 4.98 Å². The fraction of sp³-hybridized carbons (Fsp3) is 0.385. The number of aryl methyl sites for hydroxylation is 2. The van der Waals surface area contributed by atoms with Crippen LogP contribution in [0.3, 0.4) is 0 Å². The third-order valence-corrected chi connectivity index (χ3v) is 2.48. The normalized spacial score (nSPS) is 10.7. The molecule has 0 saturated carbocycles. The average molecular weight is 233 g/mol. The molecule has 0 aliphatic heterocycles. The minimum atomic E-state index is -0.163. The van der Waals surface area contributed by atoms with Gasteiger partial charge in [0.2, 0.25) is 0 Å². The van der Waals surface area contributed by atoms with Crippen LogP contribution in [-0.2, 0) is 16.0 Å². The molecule has 0 unspecified atom stereocenters. The number of hydrogen-bond acceptors (Lipinski definition) is 4. The SMILES string of the molecule is CCOC(=O)CCc1ccc2oc(C)nc2c1. The summed E-state index contributed by atoms with van der Waals surface area (Å²) < 4.78 is 10.3. The lowest BCUT2D eigenvalue weighted by Crippen LogP contribution is -2.05. The van der Waals surface area contributed by atoms with Crippen LogP contribution in [0.1, 0.15) is 24.8 Å². The highest BCUT2D eigenvalue weighted by atomic mass is 16.5. The van der Waals surface area contributed by atoms with Gasteiger partial charge in [-0.3, -0.25) is 4.79 Å². The van der Waals surface area contributed by atoms with Crippen LogP contribution in [-0.4, -0.2) is 17.6 Å². The Hall–Kier alpha value is -1.84. The van der Waals surface area contributed by atoms with Crippen LogP contribution in [0.25, 0.3) is 11.1 Å². The van der Waals surface area contributed by atoms with Crippen molar-refractivity contribution in [3.8, 4) is 0 Å². The molecule has 2 aromatic rings. The quantitative estimate of drug-likeness (QED) is 0.762. The summed E-state index contributed by atoms with van der Waals surface area (Å²) in [6, 6.07) is 5.78. The Morgan fingerprint density at radius 1 is 1.47 bits per heavy atom. The number of aromatic nitrogens is 1. The molecule has 90 valence electrons. The smallest absolute Gasteiger partial charge is 0.306 e. The van der Waals surface area contributed by atoms with Gasteiger partial charge in [-0.25, -0.2) is 4.98 Å². The number of rotatable bonds is 4. The highest BCUT2D eigenvalue weighted by Gasteiger charge is 2.06. The van der Waals surface area contributed by atoms with Gasteiger partial charge in [0.25, 0.3) is 0 Å². The lowest BCUT2D eigenvalue weighted by atomic mass is 10.1. The molecule has 17 heavy (non-hydrogen) atoms. The zero-order valence-corrected chi connectivity index (χ0v) is 10.0. The number of esters is 1. The highest BCUT2D eigenvalue weighted by Crippen LogP contribution is 2.17. The van der Waals surface area contributed by atoms with E-state index in [0.29, 0.717) is 25.3 Å². The van der Waals surface area contributed by atoms with Crippen molar-refractivity contribution in [3.63, 3.8) is 0 Å². The molecule has 0 bridgehead atoms. The van der Waals surface area contributed by atoms with Crippen molar-refractivity contribution >= 4 is 17.1 Å². The minimum Gasteiger partial charge on any atom is -0.466 e. The predicted molar refractivity (Wildman–Crippen MR) is 63.7 cm³/mol. The van der Waals surface area contributed by atoms with Gasteiger partial charge in [-0.05, 0) is 31.0 Å². The molecule has 2 rings (SSSR count). The van der Waals surface area contributed by atoms with Crippen LogP contribution < -0.4 is 0 Å². The maximum Gasteiger partial charge on any atom is 0.306 e. The molecule has 1 aromatic carbocycles. The van der Waals surface area contributed by atoms with Crippen molar-refractivity contribution in [2.75, 3.05) is 6.61 Å². The van der Waals surface area contributed by atoms with E-state index in [1.54, 1.807) is 0 Å². The lowest BCUT2D eigenvalue weighted by molar-refractivity contribution is -0.143. The van der Waals surface area contributed by atoms with Crippen molar-refractivity contribution in [2.24, 2.45) is 0 Å². The van der Waals surface area contributed by atoms with Gasteiger partial charge in [-0.15, -0.1) is 0 Å². The van der Waals surface area contributed by atoms with Crippen molar-refractivity contribution in [3.05, 3.63) is 29.7 Å². The Morgan fingerprint density at radius 2 is 2.29 bits per heavy atom. The molecule has 0 N–H and O–H groups in total. The molecule has 4 heteroatoms. The standard InChI is InChI=1S/C13H15NO3/c1-3-16-13(15)7-5-10-4-6-12-11(8-10)14-9(2)17-12/h4,6,8H,3,5,7H2,1-2H3. The fourth-order valence-corrected chi connectivity index (χ4v) is 1.72. The summed E-state index contributed by atoms with van der Waals surface area (Å²) >= 11 is 0. The van der Waals surface area contributed by atoms with Crippen LogP contribution in [0.4, 0.5) is 0 Å². The van der Waals surface area contributed by atoms with E-state index in [9.17, 15) is 4.79 Å². The first kappa shape index (κ1) is 11.6. The average Bonchev–Trinajstić information content (AvgIpc) is 2.66. The Morgan fingerprint density at radius 3 is 3.06 bits per heavy atom. The van der Waals surface area contributed by atoms with Crippen LogP contribution in [0, 0.1) is 6.92 Å². The first-order chi connectivity index (χ1) is 8.19. The Bertz CT molecular complexity index is 530. The third-order valence-electron chi connectivity index (χ3n) is 2.48. The third kappa shape index (κ3) is 2.84. The van der Waals surface area contributed by atoms with Crippen LogP contribution in [0.15, 0.2) is 22.6 Å². The molecule has 0 atom stereocenters. The Balaban J connectivity index is 2.06. The number of fused-ring (bicyclic) bond motifs is 1. The molecule has 1 heterocycles. The molecule has 0 spiro atoms. The molecule has 0 fully saturated rings. The van der Waals surface area contributed by atoms with Gasteiger partial charge < -0.3 is 9.15 Å². The molecular weight excluding hydrogens is 218 g/mol. The first-order valence-electron chi connectivity index (χ1n) is 5.70. The number of nitrogens with zero attached hydrogens (tertiary/aromatic N) is 1. The van der Waals surface area contributed by atoms with Crippen molar-refractivity contribution in [2.45, 2.75) is 26.7 Å². The maximum atomic E-state index is 11.2. The molecule has 0 saturated heterocycles. The zero-order valence-electron chi connectivity index (χ0n) is 10.0. The molecule has 1 aromatic heterocycles. The second-order valence-electron chi connectivity index (χ2n) is 3.84. The lowest BCUT2D eigenvalue weighted by Gasteiger charge is -2.01. The molecule has 0 aliphatic carbocycles. The largest absolute Gasteiger partial charge is 0.466 e. The summed E-state index contributed by atoms with van der Waals surface area (Å²) in [5.41, 5.74) is 2.69. The summed E-state index contributed by atoms with van der Waals surface area (Å²) in [6.45, 7) is 4.06. The first-order valence-corrected chi connectivity index (χ1v) is 5.70. The Labute approximate surface area is 99.6 Å². The van der Waals surface area contributed by atoms with Crippen LogP contribution in [0.2, 0.25) is 0 Å². The van der Waals surface area contributed by atoms with E-state index in [1.165, 1.54) is 0 Å². The Kier molecular flexibility index (Phi) is 3.42. The van der Waals surface area contributed by atoms with E-state index in [4.69, 9.17) is 9.15 Å². The monoisotopic (exact) mass is 233 g/mol. The second kappa shape index (κ2) is 4.99. The number of oxazole rings is 1. The van der Waals surface area contributed by atoms with E-state index < -0.39 is 0 Å². The second-order valence-corrected chi connectivity index (χ2v) is 3.84. The van der Waals surface area contributed by atoms with Gasteiger partial charge in [0, 0.05) is 13.3 Å². The number of benzene rings is 1. The summed E-state index contributed by atoms with van der Waals surface area (Å²) in [4.78, 5) is 15.5. The van der Waals surface area contributed by atoms with E-state index in [2.05, 4.69) is 4.98 Å². The highest BCUT2D eigenvalue weighted by molar-refractivity contribution is 5.74. The van der Waals surface area contributed by atoms with Gasteiger partial charge >= 0.3 is 5.97 Å². The summed E-state index contributed by atoms with van der Waals surface area (Å²) in [5, 5.41) is 0. The van der Waals surface area contributed by atoms with Crippen LogP contribution >= 0.6 is 0 Å². The number of hydrogen-bond donors (Lipinski definition) is 0. The van der Waals surface area contributed by atoms with Crippen molar-refractivity contribution in [1.29, 1.82) is 0 Å². The van der Waals surface area contributed by atoms with E-state index in [0.717, 1.165) is 16.7 Å². The molecule has 0 radical (unpaired) electrons. The minimum absolute atomic E-state index is 0.163. The summed E-state index contributed by atoms with van der Waals surface area (Å²) in [5.74, 6) is 0.492. The van der Waals surface area contributed by atoms with Gasteiger partial charge in [0.15, 0.2) is 11.5 Å². The van der Waals surface area contributed by atoms with Gasteiger partial charge in [-0.2, -0.15) is 0 Å². The van der Waals surface area contributed by atoms with E-state index in [-0.39, 0.29) is 5.97 Å². The number of carbonyl (C=O) groups excluding carboxylic acids is 1.